The normalized spacial score (nSPS) is 10.5. The molecule has 0 saturated carbocycles. The Morgan fingerprint density at radius 3 is 2.46 bits per heavy atom. The van der Waals surface area contributed by atoms with Gasteiger partial charge in [0.15, 0.2) is 23.1 Å². The largest absolute Gasteiger partial charge is 0.493 e. The van der Waals surface area contributed by atoms with Crippen molar-refractivity contribution < 1.29 is 23.0 Å². The molecular formula is C19H20ClF2NO3. The fourth-order valence-corrected chi connectivity index (χ4v) is 2.70. The average molecular weight is 384 g/mol. The molecule has 0 radical (unpaired) electrons. The highest BCUT2D eigenvalue weighted by molar-refractivity contribution is 6.32. The zero-order valence-corrected chi connectivity index (χ0v) is 15.6. The maximum absolute atomic E-state index is 13.5. The van der Waals surface area contributed by atoms with E-state index in [9.17, 15) is 13.6 Å². The third-order valence-electron chi connectivity index (χ3n) is 3.70. The van der Waals surface area contributed by atoms with E-state index in [-0.39, 0.29) is 22.8 Å². The van der Waals surface area contributed by atoms with Gasteiger partial charge in [0.2, 0.25) is 0 Å². The van der Waals surface area contributed by atoms with Gasteiger partial charge in [0.25, 0.3) is 5.91 Å². The predicted molar refractivity (Wildman–Crippen MR) is 97.5 cm³/mol. The lowest BCUT2D eigenvalue weighted by Gasteiger charge is -2.22. The van der Waals surface area contributed by atoms with Crippen LogP contribution in [0.4, 0.5) is 14.5 Å². The first-order valence-corrected chi connectivity index (χ1v) is 8.57. The van der Waals surface area contributed by atoms with Crippen molar-refractivity contribution in [3.8, 4) is 11.5 Å². The summed E-state index contributed by atoms with van der Waals surface area (Å²) in [6, 6.07) is 6.29. The number of rotatable bonds is 7. The van der Waals surface area contributed by atoms with E-state index in [0.717, 1.165) is 18.6 Å². The molecule has 4 nitrogen and oxygen atoms in total. The number of amides is 1. The lowest BCUT2D eigenvalue weighted by molar-refractivity contribution is 0.0988. The van der Waals surface area contributed by atoms with Crippen LogP contribution < -0.4 is 14.4 Å². The van der Waals surface area contributed by atoms with Crippen molar-refractivity contribution in [1.82, 2.24) is 0 Å². The Morgan fingerprint density at radius 2 is 1.88 bits per heavy atom. The zero-order chi connectivity index (χ0) is 19.3. The first-order chi connectivity index (χ1) is 12.4. The van der Waals surface area contributed by atoms with Crippen LogP contribution >= 0.6 is 11.6 Å². The molecule has 2 aromatic carbocycles. The van der Waals surface area contributed by atoms with Gasteiger partial charge in [0.05, 0.1) is 18.7 Å². The van der Waals surface area contributed by atoms with Crippen molar-refractivity contribution in [2.45, 2.75) is 20.3 Å². The summed E-state index contributed by atoms with van der Waals surface area (Å²) in [7, 11) is 1.45. The molecule has 2 aromatic rings. The van der Waals surface area contributed by atoms with Crippen LogP contribution in [0.15, 0.2) is 30.3 Å². The highest BCUT2D eigenvalue weighted by Crippen LogP contribution is 2.37. The smallest absolute Gasteiger partial charge is 0.258 e. The zero-order valence-electron chi connectivity index (χ0n) is 14.8. The van der Waals surface area contributed by atoms with Gasteiger partial charge in [-0.05, 0) is 37.6 Å². The summed E-state index contributed by atoms with van der Waals surface area (Å²) in [5, 5.41) is 0.238. The second-order valence-corrected chi connectivity index (χ2v) is 5.89. The number of hydrogen-bond acceptors (Lipinski definition) is 3. The lowest BCUT2D eigenvalue weighted by atomic mass is 10.1. The molecular weight excluding hydrogens is 364 g/mol. The van der Waals surface area contributed by atoms with E-state index in [1.54, 1.807) is 6.92 Å². The fourth-order valence-electron chi connectivity index (χ4n) is 2.44. The van der Waals surface area contributed by atoms with Crippen LogP contribution in [-0.2, 0) is 0 Å². The summed E-state index contributed by atoms with van der Waals surface area (Å²) in [5.74, 6) is -1.72. The quantitative estimate of drug-likeness (QED) is 0.669. The van der Waals surface area contributed by atoms with Crippen LogP contribution in [0.2, 0.25) is 5.02 Å². The molecule has 1 amide bonds. The molecule has 0 aliphatic carbocycles. The van der Waals surface area contributed by atoms with E-state index in [1.807, 2.05) is 6.92 Å². The minimum Gasteiger partial charge on any atom is -0.493 e. The maximum Gasteiger partial charge on any atom is 0.258 e. The maximum atomic E-state index is 13.5. The fraction of sp³-hybridized carbons (Fsp3) is 0.316. The molecule has 0 unspecified atom stereocenters. The van der Waals surface area contributed by atoms with Crippen molar-refractivity contribution >= 4 is 23.2 Å². The summed E-state index contributed by atoms with van der Waals surface area (Å²) in [4.78, 5) is 14.2. The molecule has 0 atom stereocenters. The molecule has 7 heteroatoms. The van der Waals surface area contributed by atoms with Crippen LogP contribution in [0.3, 0.4) is 0 Å². The third-order valence-corrected chi connectivity index (χ3v) is 3.98. The van der Waals surface area contributed by atoms with Crippen molar-refractivity contribution in [1.29, 1.82) is 0 Å². The van der Waals surface area contributed by atoms with Gasteiger partial charge in [0, 0.05) is 23.9 Å². The first kappa shape index (κ1) is 20.0. The summed E-state index contributed by atoms with van der Waals surface area (Å²) in [5.41, 5.74) is 0.500. The number of benzene rings is 2. The standard InChI is InChI=1S/C19H20ClF2NO3/c1-4-8-26-18-14(20)9-12(10-17(18)25-3)19(24)23(5-2)13-6-7-15(21)16(22)11-13/h6-7,9-11H,4-5,8H2,1-3H3. The van der Waals surface area contributed by atoms with Gasteiger partial charge < -0.3 is 14.4 Å². The summed E-state index contributed by atoms with van der Waals surface area (Å²) < 4.78 is 37.5. The van der Waals surface area contributed by atoms with E-state index in [1.165, 1.54) is 30.2 Å². The van der Waals surface area contributed by atoms with Crippen LogP contribution in [0.5, 0.6) is 11.5 Å². The van der Waals surface area contributed by atoms with Crippen molar-refractivity contribution in [3.63, 3.8) is 0 Å². The Labute approximate surface area is 156 Å². The second-order valence-electron chi connectivity index (χ2n) is 5.49. The van der Waals surface area contributed by atoms with E-state index in [2.05, 4.69) is 0 Å². The Morgan fingerprint density at radius 1 is 1.15 bits per heavy atom. The van der Waals surface area contributed by atoms with Crippen LogP contribution in [0.1, 0.15) is 30.6 Å². The lowest BCUT2D eigenvalue weighted by Crippen LogP contribution is -2.30. The number of ether oxygens (including phenoxy) is 2. The highest BCUT2D eigenvalue weighted by atomic mass is 35.5. The molecule has 0 bridgehead atoms. The molecule has 2 rings (SSSR count). The van der Waals surface area contributed by atoms with Gasteiger partial charge in [-0.1, -0.05) is 18.5 Å². The Hall–Kier alpha value is -2.34. The molecule has 0 fully saturated rings. The van der Waals surface area contributed by atoms with Gasteiger partial charge in [-0.3, -0.25) is 4.79 Å². The minimum absolute atomic E-state index is 0.238. The van der Waals surface area contributed by atoms with E-state index >= 15 is 0 Å². The van der Waals surface area contributed by atoms with Gasteiger partial charge in [-0.25, -0.2) is 8.78 Å². The van der Waals surface area contributed by atoms with Gasteiger partial charge in [-0.2, -0.15) is 0 Å². The highest BCUT2D eigenvalue weighted by Gasteiger charge is 2.21. The Kier molecular flexibility index (Phi) is 6.80. The third kappa shape index (κ3) is 4.25. The molecule has 0 aliphatic heterocycles. The number of hydrogen-bond donors (Lipinski definition) is 0. The number of nitrogens with zero attached hydrogens (tertiary/aromatic N) is 1. The average Bonchev–Trinajstić information content (AvgIpc) is 2.63. The molecule has 0 aromatic heterocycles. The summed E-state index contributed by atoms with van der Waals surface area (Å²) >= 11 is 6.25. The second kappa shape index (κ2) is 8.85. The number of carbonyl (C=O) groups is 1. The van der Waals surface area contributed by atoms with Crippen molar-refractivity contribution in [3.05, 3.63) is 52.6 Å². The molecule has 140 valence electrons. The SMILES string of the molecule is CCCOc1c(Cl)cc(C(=O)N(CC)c2ccc(F)c(F)c2)cc1OC. The van der Waals surface area contributed by atoms with E-state index < -0.39 is 17.5 Å². The van der Waals surface area contributed by atoms with Gasteiger partial charge in [-0.15, -0.1) is 0 Å². The molecule has 0 heterocycles. The van der Waals surface area contributed by atoms with E-state index in [4.69, 9.17) is 21.1 Å². The van der Waals surface area contributed by atoms with Crippen LogP contribution in [-0.4, -0.2) is 26.2 Å². The molecule has 0 saturated heterocycles. The number of anilines is 1. The Balaban J connectivity index is 2.40. The molecule has 26 heavy (non-hydrogen) atoms. The number of halogens is 3. The van der Waals surface area contributed by atoms with Crippen molar-refractivity contribution in [2.75, 3.05) is 25.2 Å². The number of methoxy groups -OCH3 is 1. The Bertz CT molecular complexity index is 799. The van der Waals surface area contributed by atoms with Crippen molar-refractivity contribution in [2.24, 2.45) is 0 Å². The topological polar surface area (TPSA) is 38.8 Å². The van der Waals surface area contributed by atoms with Gasteiger partial charge >= 0.3 is 0 Å². The van der Waals surface area contributed by atoms with Gasteiger partial charge in [0.1, 0.15) is 0 Å². The minimum atomic E-state index is -1.02. The molecule has 0 spiro atoms. The monoisotopic (exact) mass is 383 g/mol. The summed E-state index contributed by atoms with van der Waals surface area (Å²) in [6.07, 6.45) is 0.792. The summed E-state index contributed by atoms with van der Waals surface area (Å²) in [6.45, 7) is 4.41. The predicted octanol–water partition coefficient (Wildman–Crippen LogP) is 5.08. The molecule has 0 N–H and O–H groups in total. The number of carbonyl (C=O) groups excluding carboxylic acids is 1. The van der Waals surface area contributed by atoms with Crippen LogP contribution in [0.25, 0.3) is 0 Å². The molecule has 0 aliphatic rings. The van der Waals surface area contributed by atoms with E-state index in [0.29, 0.717) is 18.1 Å². The first-order valence-electron chi connectivity index (χ1n) is 8.20. The van der Waals surface area contributed by atoms with Crippen LogP contribution in [0, 0.1) is 11.6 Å².